The molecule has 1 heterocycles. The van der Waals surface area contributed by atoms with Crippen LogP contribution in [0.5, 0.6) is 0 Å². The summed E-state index contributed by atoms with van der Waals surface area (Å²) in [7, 11) is 0. The average molecular weight is 266 g/mol. The Morgan fingerprint density at radius 1 is 1.53 bits per heavy atom. The molecular formula is C15H23FN2O. The van der Waals surface area contributed by atoms with Crippen molar-refractivity contribution in [3.8, 4) is 0 Å². The molecule has 1 saturated heterocycles. The van der Waals surface area contributed by atoms with Gasteiger partial charge in [-0.2, -0.15) is 0 Å². The van der Waals surface area contributed by atoms with Gasteiger partial charge in [-0.1, -0.05) is 6.92 Å². The molecule has 4 heteroatoms. The van der Waals surface area contributed by atoms with E-state index in [4.69, 9.17) is 10.5 Å². The molecule has 1 aliphatic rings. The van der Waals surface area contributed by atoms with Crippen LogP contribution in [0.1, 0.15) is 38.8 Å². The molecule has 2 rings (SSSR count). The molecule has 1 aliphatic heterocycles. The van der Waals surface area contributed by atoms with Crippen LogP contribution in [0.4, 0.5) is 10.1 Å². The van der Waals surface area contributed by atoms with Gasteiger partial charge in [-0.25, -0.2) is 4.39 Å². The summed E-state index contributed by atoms with van der Waals surface area (Å²) in [4.78, 5) is 2.31. The van der Waals surface area contributed by atoms with Gasteiger partial charge in [0, 0.05) is 18.3 Å². The molecule has 0 radical (unpaired) electrons. The van der Waals surface area contributed by atoms with Crippen molar-refractivity contribution < 1.29 is 9.13 Å². The maximum Gasteiger partial charge on any atom is 0.123 e. The molecule has 0 saturated carbocycles. The molecule has 2 N–H and O–H groups in total. The van der Waals surface area contributed by atoms with Crippen LogP contribution in [-0.2, 0) is 4.74 Å². The maximum absolute atomic E-state index is 13.4. The lowest BCUT2D eigenvalue weighted by atomic mass is 10.0. The summed E-state index contributed by atoms with van der Waals surface area (Å²) < 4.78 is 19.1. The quantitative estimate of drug-likeness (QED) is 0.914. The minimum Gasteiger partial charge on any atom is -0.375 e. The highest BCUT2D eigenvalue weighted by molar-refractivity contribution is 5.56. The number of ether oxygens (including phenoxy) is 1. The average Bonchev–Trinajstić information content (AvgIpc) is 2.38. The van der Waals surface area contributed by atoms with E-state index in [9.17, 15) is 4.39 Å². The van der Waals surface area contributed by atoms with Crippen molar-refractivity contribution in [2.75, 3.05) is 18.1 Å². The summed E-state index contributed by atoms with van der Waals surface area (Å²) in [6.45, 7) is 7.64. The number of nitrogens with zero attached hydrogens (tertiary/aromatic N) is 1. The normalized spacial score (nSPS) is 25.4. The lowest BCUT2D eigenvalue weighted by molar-refractivity contribution is 0.0299. The van der Waals surface area contributed by atoms with Crippen molar-refractivity contribution in [1.82, 2.24) is 0 Å². The van der Waals surface area contributed by atoms with Crippen LogP contribution < -0.4 is 10.6 Å². The van der Waals surface area contributed by atoms with Gasteiger partial charge < -0.3 is 15.4 Å². The zero-order chi connectivity index (χ0) is 14.0. The Balaban J connectivity index is 2.38. The third-order valence-corrected chi connectivity index (χ3v) is 3.73. The number of hydrogen-bond acceptors (Lipinski definition) is 3. The summed E-state index contributed by atoms with van der Waals surface area (Å²) in [5.74, 6) is -0.231. The first-order valence-electron chi connectivity index (χ1n) is 6.96. The standard InChI is InChI=1S/C15H23FN2O/c1-4-13-9-19-10(2)8-18(13)15-6-5-12(16)7-14(15)11(3)17/h5-7,10-11,13H,4,8-9,17H2,1-3H3/t10?,11-,13?/m0/s1. The van der Waals surface area contributed by atoms with E-state index in [0.29, 0.717) is 12.6 Å². The minimum atomic E-state index is -0.231. The first kappa shape index (κ1) is 14.3. The summed E-state index contributed by atoms with van der Waals surface area (Å²) in [6.07, 6.45) is 1.19. The van der Waals surface area contributed by atoms with E-state index in [1.165, 1.54) is 6.07 Å². The van der Waals surface area contributed by atoms with E-state index in [2.05, 4.69) is 18.7 Å². The summed E-state index contributed by atoms with van der Waals surface area (Å²) in [5, 5.41) is 0. The van der Waals surface area contributed by atoms with Gasteiger partial charge in [0.15, 0.2) is 0 Å². The second kappa shape index (κ2) is 5.88. The minimum absolute atomic E-state index is 0.179. The van der Waals surface area contributed by atoms with E-state index in [1.54, 1.807) is 6.07 Å². The topological polar surface area (TPSA) is 38.5 Å². The van der Waals surface area contributed by atoms with E-state index in [0.717, 1.165) is 24.2 Å². The van der Waals surface area contributed by atoms with Crippen LogP contribution in [-0.4, -0.2) is 25.3 Å². The second-order valence-corrected chi connectivity index (χ2v) is 5.35. The van der Waals surface area contributed by atoms with Gasteiger partial charge in [-0.05, 0) is 44.0 Å². The molecule has 0 aliphatic carbocycles. The third-order valence-electron chi connectivity index (χ3n) is 3.73. The summed E-state index contributed by atoms with van der Waals surface area (Å²) in [6, 6.07) is 5.05. The van der Waals surface area contributed by atoms with Gasteiger partial charge in [0.25, 0.3) is 0 Å². The molecule has 0 bridgehead atoms. The number of morpholine rings is 1. The molecule has 2 unspecified atom stereocenters. The molecule has 1 aromatic rings. The zero-order valence-corrected chi connectivity index (χ0v) is 11.9. The molecule has 3 nitrogen and oxygen atoms in total. The van der Waals surface area contributed by atoms with Crippen molar-refractivity contribution in [2.45, 2.75) is 45.4 Å². The number of nitrogens with two attached hydrogens (primary N) is 1. The van der Waals surface area contributed by atoms with Gasteiger partial charge in [0.2, 0.25) is 0 Å². The van der Waals surface area contributed by atoms with E-state index in [1.807, 2.05) is 13.0 Å². The Bertz CT molecular complexity index is 436. The first-order chi connectivity index (χ1) is 9.02. The van der Waals surface area contributed by atoms with Crippen LogP contribution in [0.2, 0.25) is 0 Å². The number of hydrogen-bond donors (Lipinski definition) is 1. The second-order valence-electron chi connectivity index (χ2n) is 5.35. The predicted molar refractivity (Wildman–Crippen MR) is 75.8 cm³/mol. The third kappa shape index (κ3) is 3.07. The van der Waals surface area contributed by atoms with E-state index in [-0.39, 0.29) is 18.0 Å². The number of halogens is 1. The molecule has 3 atom stereocenters. The monoisotopic (exact) mass is 266 g/mol. The van der Waals surface area contributed by atoms with Crippen LogP contribution in [0.25, 0.3) is 0 Å². The fraction of sp³-hybridized carbons (Fsp3) is 0.600. The Hall–Kier alpha value is -1.13. The Morgan fingerprint density at radius 3 is 2.89 bits per heavy atom. The van der Waals surface area contributed by atoms with Crippen molar-refractivity contribution in [1.29, 1.82) is 0 Å². The van der Waals surface area contributed by atoms with Gasteiger partial charge in [-0.3, -0.25) is 0 Å². The maximum atomic E-state index is 13.4. The Morgan fingerprint density at radius 2 is 2.26 bits per heavy atom. The van der Waals surface area contributed by atoms with Gasteiger partial charge in [0.05, 0.1) is 18.8 Å². The lowest BCUT2D eigenvalue weighted by Gasteiger charge is -2.41. The van der Waals surface area contributed by atoms with Crippen LogP contribution in [0, 0.1) is 5.82 Å². The first-order valence-corrected chi connectivity index (χ1v) is 6.96. The van der Waals surface area contributed by atoms with Crippen molar-refractivity contribution in [2.24, 2.45) is 5.73 Å². The molecule has 0 spiro atoms. The van der Waals surface area contributed by atoms with Gasteiger partial charge in [0.1, 0.15) is 5.82 Å². The predicted octanol–water partition coefficient (Wildman–Crippen LogP) is 2.85. The van der Waals surface area contributed by atoms with Crippen LogP contribution in [0.3, 0.4) is 0 Å². The highest BCUT2D eigenvalue weighted by Crippen LogP contribution is 2.30. The zero-order valence-electron chi connectivity index (χ0n) is 11.9. The summed E-state index contributed by atoms with van der Waals surface area (Å²) >= 11 is 0. The number of benzene rings is 1. The van der Waals surface area contributed by atoms with Gasteiger partial charge in [-0.15, -0.1) is 0 Å². The highest BCUT2D eigenvalue weighted by atomic mass is 19.1. The summed E-state index contributed by atoms with van der Waals surface area (Å²) in [5.41, 5.74) is 7.90. The number of rotatable bonds is 3. The molecule has 0 aromatic heterocycles. The molecular weight excluding hydrogens is 243 g/mol. The number of anilines is 1. The van der Waals surface area contributed by atoms with Gasteiger partial charge >= 0.3 is 0 Å². The largest absolute Gasteiger partial charge is 0.375 e. The lowest BCUT2D eigenvalue weighted by Crippen LogP contribution is -2.49. The van der Waals surface area contributed by atoms with Crippen molar-refractivity contribution >= 4 is 5.69 Å². The highest BCUT2D eigenvalue weighted by Gasteiger charge is 2.27. The van der Waals surface area contributed by atoms with Crippen molar-refractivity contribution in [3.63, 3.8) is 0 Å². The molecule has 0 amide bonds. The SMILES string of the molecule is CCC1COC(C)CN1c1ccc(F)cc1[C@H](C)N. The molecule has 1 aromatic carbocycles. The van der Waals surface area contributed by atoms with E-state index < -0.39 is 0 Å². The fourth-order valence-corrected chi connectivity index (χ4v) is 2.63. The van der Waals surface area contributed by atoms with Crippen molar-refractivity contribution in [3.05, 3.63) is 29.6 Å². The Labute approximate surface area is 114 Å². The molecule has 1 fully saturated rings. The van der Waals surface area contributed by atoms with Crippen LogP contribution in [0.15, 0.2) is 18.2 Å². The molecule has 106 valence electrons. The Kier molecular flexibility index (Phi) is 4.42. The molecule has 19 heavy (non-hydrogen) atoms. The smallest absolute Gasteiger partial charge is 0.123 e. The fourth-order valence-electron chi connectivity index (χ4n) is 2.63. The van der Waals surface area contributed by atoms with Crippen LogP contribution >= 0.6 is 0 Å². The van der Waals surface area contributed by atoms with E-state index >= 15 is 0 Å².